The molecule has 0 unspecified atom stereocenters. The molecule has 9 nitrogen and oxygen atoms in total. The van der Waals surface area contributed by atoms with E-state index in [0.29, 0.717) is 41.7 Å². The first-order chi connectivity index (χ1) is 20.9. The molecule has 0 bridgehead atoms. The summed E-state index contributed by atoms with van der Waals surface area (Å²) >= 11 is 0. The van der Waals surface area contributed by atoms with Crippen molar-refractivity contribution in [3.05, 3.63) is 54.2 Å². The molecule has 3 aliphatic rings. The number of benzene rings is 2. The minimum absolute atomic E-state index is 0.00452. The van der Waals surface area contributed by atoms with Crippen LogP contribution in [-0.2, 0) is 9.53 Å². The molecule has 3 aliphatic heterocycles. The number of carbonyl (C=O) groups is 1. The number of esters is 1. The van der Waals surface area contributed by atoms with Crippen molar-refractivity contribution >= 4 is 33.5 Å². The maximum absolute atomic E-state index is 16.5. The molecule has 2 aromatic heterocycles. The summed E-state index contributed by atoms with van der Waals surface area (Å²) in [6.07, 6.45) is 5.06. The highest BCUT2D eigenvalue weighted by Gasteiger charge is 2.45. The molecule has 4 aromatic rings. The number of carbonyl (C=O) groups excluding carboxylic acids is 1. The molecule has 2 aromatic carbocycles. The number of piperidine rings is 1. The van der Waals surface area contributed by atoms with Gasteiger partial charge in [0.1, 0.15) is 29.5 Å². The van der Waals surface area contributed by atoms with Crippen molar-refractivity contribution in [3.8, 4) is 17.3 Å². The van der Waals surface area contributed by atoms with Gasteiger partial charge in [-0.2, -0.15) is 9.97 Å². The standard InChI is InChI=1S/C32H33F2N5O4/c1-42-30(41)20-10-15-38(17-24(20)40)29-22-16-35-27(21-8-2-6-19-7-3-9-23(33)25(19)21)26(34)28(22)36-31(37-29)43-18-32-11-4-13-39(32)14-5-12-32/h2-3,6-9,16,20,24,40H,4-5,10-15,17-18H2,1H3/t20-,24+/m1/s1. The van der Waals surface area contributed by atoms with Crippen LogP contribution in [0.5, 0.6) is 6.01 Å². The van der Waals surface area contributed by atoms with E-state index < -0.39 is 29.6 Å². The molecule has 11 heteroatoms. The minimum atomic E-state index is -1.00. The number of aliphatic hydroxyl groups is 1. The van der Waals surface area contributed by atoms with Crippen LogP contribution >= 0.6 is 0 Å². The van der Waals surface area contributed by atoms with Crippen molar-refractivity contribution in [2.24, 2.45) is 5.92 Å². The van der Waals surface area contributed by atoms with Gasteiger partial charge in [0.15, 0.2) is 5.82 Å². The summed E-state index contributed by atoms with van der Waals surface area (Å²) in [4.78, 5) is 30.1. The molecule has 43 heavy (non-hydrogen) atoms. The molecule has 0 aliphatic carbocycles. The Hall–Kier alpha value is -3.96. The number of methoxy groups -OCH3 is 1. The first-order valence-corrected chi connectivity index (χ1v) is 14.8. The summed E-state index contributed by atoms with van der Waals surface area (Å²) in [5.74, 6) is -1.96. The predicted octanol–water partition coefficient (Wildman–Crippen LogP) is 4.49. The van der Waals surface area contributed by atoms with Gasteiger partial charge in [-0.25, -0.2) is 8.78 Å². The first kappa shape index (κ1) is 27.8. The molecule has 0 amide bonds. The maximum atomic E-state index is 16.5. The zero-order chi connectivity index (χ0) is 29.7. The number of hydrogen-bond donors (Lipinski definition) is 1. The SMILES string of the molecule is COC(=O)[C@@H]1CCN(c2nc(OCC34CCCN3CCC4)nc3c(F)c(-c4cccc5cccc(F)c45)ncc23)C[C@@H]1O. The van der Waals surface area contributed by atoms with Crippen molar-refractivity contribution in [1.29, 1.82) is 0 Å². The Morgan fingerprint density at radius 1 is 1.09 bits per heavy atom. The fourth-order valence-corrected chi connectivity index (χ4v) is 7.22. The van der Waals surface area contributed by atoms with Crippen LogP contribution in [-0.4, -0.2) is 82.5 Å². The van der Waals surface area contributed by atoms with E-state index in [-0.39, 0.29) is 34.7 Å². The van der Waals surface area contributed by atoms with E-state index in [1.165, 1.54) is 19.4 Å². The smallest absolute Gasteiger partial charge is 0.319 e. The van der Waals surface area contributed by atoms with Crippen molar-refractivity contribution in [2.45, 2.75) is 43.7 Å². The molecule has 0 radical (unpaired) electrons. The van der Waals surface area contributed by atoms with E-state index in [0.717, 1.165) is 38.8 Å². The van der Waals surface area contributed by atoms with E-state index in [1.807, 2.05) is 0 Å². The van der Waals surface area contributed by atoms with E-state index in [1.54, 1.807) is 35.2 Å². The number of anilines is 1. The van der Waals surface area contributed by atoms with E-state index >= 15 is 4.39 Å². The summed E-state index contributed by atoms with van der Waals surface area (Å²) in [7, 11) is 1.30. The van der Waals surface area contributed by atoms with Crippen LogP contribution in [0.25, 0.3) is 32.9 Å². The van der Waals surface area contributed by atoms with Crippen LogP contribution in [0.4, 0.5) is 14.6 Å². The molecule has 0 saturated carbocycles. The highest BCUT2D eigenvalue weighted by molar-refractivity contribution is 5.99. The van der Waals surface area contributed by atoms with Gasteiger partial charge in [-0.05, 0) is 56.6 Å². The van der Waals surface area contributed by atoms with Gasteiger partial charge in [-0.3, -0.25) is 14.7 Å². The van der Waals surface area contributed by atoms with E-state index in [9.17, 15) is 14.3 Å². The van der Waals surface area contributed by atoms with E-state index in [4.69, 9.17) is 14.5 Å². The molecule has 224 valence electrons. The molecule has 3 saturated heterocycles. The van der Waals surface area contributed by atoms with Gasteiger partial charge in [0.2, 0.25) is 0 Å². The molecule has 5 heterocycles. The number of ether oxygens (including phenoxy) is 2. The highest BCUT2D eigenvalue weighted by Crippen LogP contribution is 2.40. The molecule has 2 atom stereocenters. The lowest BCUT2D eigenvalue weighted by atomic mass is 9.94. The number of aliphatic hydroxyl groups excluding tert-OH is 1. The average molecular weight is 590 g/mol. The number of rotatable bonds is 6. The minimum Gasteiger partial charge on any atom is -0.469 e. The maximum Gasteiger partial charge on any atom is 0.319 e. The second-order valence-corrected chi connectivity index (χ2v) is 11.8. The number of halogens is 2. The third-order valence-corrected chi connectivity index (χ3v) is 9.42. The third-order valence-electron chi connectivity index (χ3n) is 9.42. The number of aromatic nitrogens is 3. The van der Waals surface area contributed by atoms with Gasteiger partial charge in [-0.1, -0.05) is 30.3 Å². The van der Waals surface area contributed by atoms with Crippen LogP contribution < -0.4 is 9.64 Å². The summed E-state index contributed by atoms with van der Waals surface area (Å²) in [5, 5.41) is 12.1. The number of fused-ring (bicyclic) bond motifs is 3. The van der Waals surface area contributed by atoms with Gasteiger partial charge < -0.3 is 19.5 Å². The van der Waals surface area contributed by atoms with Crippen molar-refractivity contribution in [3.63, 3.8) is 0 Å². The fraction of sp³-hybridized carbons (Fsp3) is 0.438. The quantitative estimate of drug-likeness (QED) is 0.326. The first-order valence-electron chi connectivity index (χ1n) is 14.8. The number of pyridine rings is 1. The average Bonchev–Trinajstić information content (AvgIpc) is 3.60. The Kier molecular flexibility index (Phi) is 7.09. The van der Waals surface area contributed by atoms with Crippen LogP contribution in [0, 0.1) is 17.6 Å². The molecule has 7 rings (SSSR count). The number of β-amino-alcohol motifs (C(OH)–C–C–N with tert-alkyl or cyclic N) is 1. The van der Waals surface area contributed by atoms with Gasteiger partial charge >= 0.3 is 12.0 Å². The number of hydrogen-bond acceptors (Lipinski definition) is 9. The lowest BCUT2D eigenvalue weighted by molar-refractivity contribution is -0.150. The predicted molar refractivity (Wildman–Crippen MR) is 157 cm³/mol. The van der Waals surface area contributed by atoms with Gasteiger partial charge in [0.05, 0.1) is 30.1 Å². The van der Waals surface area contributed by atoms with Gasteiger partial charge in [0.25, 0.3) is 0 Å². The lowest BCUT2D eigenvalue weighted by Crippen LogP contribution is -2.47. The van der Waals surface area contributed by atoms with E-state index in [2.05, 4.69) is 14.9 Å². The lowest BCUT2D eigenvalue weighted by Gasteiger charge is -2.36. The van der Waals surface area contributed by atoms with Crippen LogP contribution in [0.15, 0.2) is 42.6 Å². The van der Waals surface area contributed by atoms with Crippen LogP contribution in [0.2, 0.25) is 0 Å². The Balaban J connectivity index is 1.32. The molecular weight excluding hydrogens is 556 g/mol. The fourth-order valence-electron chi connectivity index (χ4n) is 7.22. The Bertz CT molecular complexity index is 1700. The second kappa shape index (κ2) is 10.9. The molecule has 0 spiro atoms. The van der Waals surface area contributed by atoms with Gasteiger partial charge in [0, 0.05) is 30.2 Å². The Morgan fingerprint density at radius 3 is 2.60 bits per heavy atom. The van der Waals surface area contributed by atoms with Crippen molar-refractivity contribution < 1.29 is 28.2 Å². The largest absolute Gasteiger partial charge is 0.469 e. The summed E-state index contributed by atoms with van der Waals surface area (Å²) in [6.45, 7) is 2.91. The molecule has 1 N–H and O–H groups in total. The normalized spacial score (nSPS) is 21.8. The number of nitrogens with zero attached hydrogens (tertiary/aromatic N) is 5. The van der Waals surface area contributed by atoms with Crippen molar-refractivity contribution in [1.82, 2.24) is 19.9 Å². The highest BCUT2D eigenvalue weighted by atomic mass is 19.1. The van der Waals surface area contributed by atoms with Crippen molar-refractivity contribution in [2.75, 3.05) is 44.8 Å². The third kappa shape index (κ3) is 4.75. The topological polar surface area (TPSA) is 101 Å². The summed E-state index contributed by atoms with van der Waals surface area (Å²) < 4.78 is 42.6. The second-order valence-electron chi connectivity index (χ2n) is 11.8. The summed E-state index contributed by atoms with van der Waals surface area (Å²) in [5.41, 5.74) is 0.212. The Morgan fingerprint density at radius 2 is 1.86 bits per heavy atom. The molecule has 3 fully saturated rings. The summed E-state index contributed by atoms with van der Waals surface area (Å²) in [6, 6.07) is 9.90. The Labute approximate surface area is 247 Å². The zero-order valence-electron chi connectivity index (χ0n) is 23.9. The van der Waals surface area contributed by atoms with Crippen LogP contribution in [0.1, 0.15) is 32.1 Å². The van der Waals surface area contributed by atoms with Crippen LogP contribution in [0.3, 0.4) is 0 Å². The monoisotopic (exact) mass is 589 g/mol. The van der Waals surface area contributed by atoms with Gasteiger partial charge in [-0.15, -0.1) is 0 Å². The molecular formula is C32H33F2N5O4. The zero-order valence-corrected chi connectivity index (χ0v) is 23.9.